The summed E-state index contributed by atoms with van der Waals surface area (Å²) in [5.74, 6) is 0.482. The maximum atomic E-state index is 12.4. The molecule has 4 nitrogen and oxygen atoms in total. The molecule has 0 saturated carbocycles. The molecule has 3 rings (SSSR count). The molecule has 0 unspecified atom stereocenters. The Morgan fingerprint density at radius 3 is 2.50 bits per heavy atom. The minimum Gasteiger partial charge on any atom is -0.506 e. The normalized spacial score (nSPS) is 14.3. The van der Waals surface area contributed by atoms with Crippen LogP contribution in [0.15, 0.2) is 59.1 Å². The molecule has 0 heterocycles. The fourth-order valence-electron chi connectivity index (χ4n) is 2.53. The fraction of sp³-hybridized carbons (Fsp3) is 0.111. The number of carbonyl (C=O) groups is 1. The van der Waals surface area contributed by atoms with Crippen LogP contribution >= 0.6 is 0 Å². The Labute approximate surface area is 128 Å². The van der Waals surface area contributed by atoms with Gasteiger partial charge in [-0.05, 0) is 19.1 Å². The maximum absolute atomic E-state index is 12.4. The lowest BCUT2D eigenvalue weighted by Crippen LogP contribution is -2.07. The Kier molecular flexibility index (Phi) is 3.51. The summed E-state index contributed by atoms with van der Waals surface area (Å²) in [5.41, 5.74) is 2.47. The number of benzene rings is 2. The van der Waals surface area contributed by atoms with Crippen molar-refractivity contribution >= 4 is 22.9 Å². The van der Waals surface area contributed by atoms with Crippen LogP contribution in [0.25, 0.3) is 5.76 Å². The van der Waals surface area contributed by atoms with Crippen LogP contribution < -0.4 is 4.74 Å². The highest BCUT2D eigenvalue weighted by atomic mass is 16.5. The van der Waals surface area contributed by atoms with E-state index in [0.29, 0.717) is 28.3 Å². The molecule has 0 bridgehead atoms. The number of hydrogen-bond donors (Lipinski definition) is 1. The minimum absolute atomic E-state index is 0.00949. The second-order valence-corrected chi connectivity index (χ2v) is 5.00. The van der Waals surface area contributed by atoms with E-state index in [1.54, 1.807) is 44.4 Å². The number of nitrogens with zero attached hydrogens (tertiary/aromatic N) is 1. The van der Waals surface area contributed by atoms with Crippen LogP contribution in [0.5, 0.6) is 5.75 Å². The predicted octanol–water partition coefficient (Wildman–Crippen LogP) is 3.95. The summed E-state index contributed by atoms with van der Waals surface area (Å²) >= 11 is 0. The van der Waals surface area contributed by atoms with Crippen LogP contribution in [0.4, 0.5) is 5.69 Å². The van der Waals surface area contributed by atoms with Gasteiger partial charge in [-0.2, -0.15) is 0 Å². The standard InChI is InChI=1S/C18H15NO3/c1-11(19-12-6-5-7-13(10-12)22-2)16-17(20)14-8-3-4-9-15(14)18(16)21/h3-10,20H,1-2H3. The van der Waals surface area contributed by atoms with Crippen molar-refractivity contribution in [3.05, 3.63) is 65.2 Å². The van der Waals surface area contributed by atoms with E-state index in [4.69, 9.17) is 4.74 Å². The molecule has 0 aromatic heterocycles. The number of aliphatic hydroxyl groups excluding tert-OH is 1. The SMILES string of the molecule is COc1cccc(N=C(C)C2=C(O)c3ccccc3C2=O)c1. The van der Waals surface area contributed by atoms with E-state index in [0.717, 1.165) is 0 Å². The van der Waals surface area contributed by atoms with Crippen molar-refractivity contribution in [1.29, 1.82) is 0 Å². The molecule has 0 radical (unpaired) electrons. The first-order valence-electron chi connectivity index (χ1n) is 6.89. The number of fused-ring (bicyclic) bond motifs is 1. The van der Waals surface area contributed by atoms with Crippen molar-refractivity contribution in [1.82, 2.24) is 0 Å². The molecule has 0 fully saturated rings. The van der Waals surface area contributed by atoms with Crippen molar-refractivity contribution in [3.63, 3.8) is 0 Å². The second-order valence-electron chi connectivity index (χ2n) is 5.00. The predicted molar refractivity (Wildman–Crippen MR) is 86.1 cm³/mol. The molecule has 0 amide bonds. The molecular formula is C18H15NO3. The average Bonchev–Trinajstić information content (AvgIpc) is 2.79. The maximum Gasteiger partial charge on any atom is 0.199 e. The molecule has 0 saturated heterocycles. The van der Waals surface area contributed by atoms with Crippen molar-refractivity contribution in [2.45, 2.75) is 6.92 Å². The second kappa shape index (κ2) is 5.48. The number of aliphatic hydroxyl groups is 1. The van der Waals surface area contributed by atoms with Gasteiger partial charge < -0.3 is 9.84 Å². The van der Waals surface area contributed by atoms with Crippen LogP contribution in [-0.2, 0) is 0 Å². The number of ether oxygens (including phenoxy) is 1. The van der Waals surface area contributed by atoms with Gasteiger partial charge in [-0.25, -0.2) is 0 Å². The van der Waals surface area contributed by atoms with Gasteiger partial charge in [-0.1, -0.05) is 30.3 Å². The number of ketones is 1. The van der Waals surface area contributed by atoms with E-state index in [9.17, 15) is 9.90 Å². The molecule has 0 aliphatic heterocycles. The highest BCUT2D eigenvalue weighted by molar-refractivity contribution is 6.35. The lowest BCUT2D eigenvalue weighted by molar-refractivity contribution is 0.104. The molecule has 2 aromatic rings. The van der Waals surface area contributed by atoms with Crippen LogP contribution in [0.3, 0.4) is 0 Å². The van der Waals surface area contributed by atoms with Crippen molar-refractivity contribution < 1.29 is 14.6 Å². The van der Waals surface area contributed by atoms with Gasteiger partial charge in [0.1, 0.15) is 11.5 Å². The van der Waals surface area contributed by atoms with E-state index in [1.807, 2.05) is 18.2 Å². The summed E-state index contributed by atoms with van der Waals surface area (Å²) in [7, 11) is 1.58. The smallest absolute Gasteiger partial charge is 0.199 e. The number of carbonyl (C=O) groups excluding carboxylic acids is 1. The zero-order valence-electron chi connectivity index (χ0n) is 12.3. The van der Waals surface area contributed by atoms with Gasteiger partial charge in [-0.15, -0.1) is 0 Å². The molecule has 2 aromatic carbocycles. The Morgan fingerprint density at radius 1 is 1.09 bits per heavy atom. The lowest BCUT2D eigenvalue weighted by Gasteiger charge is -2.04. The Balaban J connectivity index is 2.02. The van der Waals surface area contributed by atoms with Crippen molar-refractivity contribution in [2.24, 2.45) is 4.99 Å². The molecular weight excluding hydrogens is 278 g/mol. The molecule has 22 heavy (non-hydrogen) atoms. The number of hydrogen-bond acceptors (Lipinski definition) is 4. The minimum atomic E-state index is -0.197. The Bertz CT molecular complexity index is 819. The number of methoxy groups -OCH3 is 1. The zero-order valence-corrected chi connectivity index (χ0v) is 12.3. The van der Waals surface area contributed by atoms with Crippen molar-refractivity contribution in [2.75, 3.05) is 7.11 Å². The van der Waals surface area contributed by atoms with Crippen LogP contribution in [0, 0.1) is 0 Å². The lowest BCUT2D eigenvalue weighted by atomic mass is 10.1. The van der Waals surface area contributed by atoms with Crippen LogP contribution in [-0.4, -0.2) is 23.7 Å². The van der Waals surface area contributed by atoms with E-state index < -0.39 is 0 Å². The van der Waals surface area contributed by atoms with Gasteiger partial charge in [0.2, 0.25) is 0 Å². The summed E-state index contributed by atoms with van der Waals surface area (Å²) in [6.07, 6.45) is 0. The number of aliphatic imine (C=N–C) groups is 1. The van der Waals surface area contributed by atoms with E-state index in [-0.39, 0.29) is 17.1 Å². The monoisotopic (exact) mass is 293 g/mol. The Morgan fingerprint density at radius 2 is 1.82 bits per heavy atom. The average molecular weight is 293 g/mol. The third-order valence-corrected chi connectivity index (χ3v) is 3.60. The van der Waals surface area contributed by atoms with Gasteiger partial charge >= 0.3 is 0 Å². The summed E-state index contributed by atoms with van der Waals surface area (Å²) in [6.45, 7) is 1.72. The quantitative estimate of drug-likeness (QED) is 0.872. The largest absolute Gasteiger partial charge is 0.506 e. The molecule has 0 atom stereocenters. The van der Waals surface area contributed by atoms with Gasteiger partial charge in [0, 0.05) is 17.2 Å². The van der Waals surface area contributed by atoms with Gasteiger partial charge in [-0.3, -0.25) is 9.79 Å². The van der Waals surface area contributed by atoms with Gasteiger partial charge in [0.05, 0.1) is 24.1 Å². The van der Waals surface area contributed by atoms with Gasteiger partial charge in [0.15, 0.2) is 5.78 Å². The molecule has 1 aliphatic carbocycles. The molecule has 0 spiro atoms. The molecule has 4 heteroatoms. The fourth-order valence-corrected chi connectivity index (χ4v) is 2.53. The number of rotatable bonds is 3. The highest BCUT2D eigenvalue weighted by Crippen LogP contribution is 2.32. The first-order valence-corrected chi connectivity index (χ1v) is 6.89. The molecule has 1 aliphatic rings. The first-order chi connectivity index (χ1) is 10.6. The summed E-state index contributed by atoms with van der Waals surface area (Å²) < 4.78 is 5.16. The topological polar surface area (TPSA) is 58.9 Å². The van der Waals surface area contributed by atoms with E-state index in [2.05, 4.69) is 4.99 Å². The molecule has 1 N–H and O–H groups in total. The van der Waals surface area contributed by atoms with Crippen LogP contribution in [0.1, 0.15) is 22.8 Å². The summed E-state index contributed by atoms with van der Waals surface area (Å²) in [4.78, 5) is 16.9. The van der Waals surface area contributed by atoms with E-state index in [1.165, 1.54) is 0 Å². The highest BCUT2D eigenvalue weighted by Gasteiger charge is 2.30. The summed E-state index contributed by atoms with van der Waals surface area (Å²) in [6, 6.07) is 14.2. The van der Waals surface area contributed by atoms with E-state index >= 15 is 0 Å². The number of allylic oxidation sites excluding steroid dienone is 1. The van der Waals surface area contributed by atoms with Crippen LogP contribution in [0.2, 0.25) is 0 Å². The third kappa shape index (κ3) is 2.29. The first kappa shape index (κ1) is 14.1. The summed E-state index contributed by atoms with van der Waals surface area (Å²) in [5, 5.41) is 10.3. The third-order valence-electron chi connectivity index (χ3n) is 3.60. The zero-order chi connectivity index (χ0) is 15.7. The number of Topliss-reactive ketones (excluding diaryl/α,β-unsaturated/α-hetero) is 1. The van der Waals surface area contributed by atoms with Crippen molar-refractivity contribution in [3.8, 4) is 5.75 Å². The van der Waals surface area contributed by atoms with Gasteiger partial charge in [0.25, 0.3) is 0 Å². The molecule has 110 valence electrons. The Hall–Kier alpha value is -2.88.